The molecule has 110 valence electrons. The summed E-state index contributed by atoms with van der Waals surface area (Å²) in [4.78, 5) is 11.9. The van der Waals surface area contributed by atoms with E-state index in [1.807, 2.05) is 12.1 Å². The van der Waals surface area contributed by atoms with E-state index in [0.717, 1.165) is 12.8 Å². The van der Waals surface area contributed by atoms with E-state index in [1.54, 1.807) is 12.1 Å². The second kappa shape index (κ2) is 6.16. The van der Waals surface area contributed by atoms with E-state index in [2.05, 4.69) is 19.2 Å². The molecule has 2 rings (SSSR count). The normalized spacial score (nSPS) is 20.6. The predicted octanol–water partition coefficient (Wildman–Crippen LogP) is 2.73. The number of anilines is 1. The highest BCUT2D eigenvalue weighted by atomic mass is 16.5. The molecule has 0 saturated heterocycles. The number of carbonyl (C=O) groups excluding carboxylic acids is 1. The number of nitrogens with one attached hydrogen (secondary N) is 1. The van der Waals surface area contributed by atoms with Crippen molar-refractivity contribution in [3.63, 3.8) is 0 Å². The number of hydrogen-bond acceptors (Lipinski definition) is 3. The Morgan fingerprint density at radius 3 is 2.95 bits per heavy atom. The van der Waals surface area contributed by atoms with E-state index in [-0.39, 0.29) is 5.91 Å². The van der Waals surface area contributed by atoms with Crippen molar-refractivity contribution in [3.8, 4) is 5.75 Å². The molecule has 1 aromatic rings. The molecule has 1 aliphatic carbocycles. The third kappa shape index (κ3) is 4.44. The number of benzene rings is 1. The van der Waals surface area contributed by atoms with E-state index >= 15 is 0 Å². The van der Waals surface area contributed by atoms with Crippen molar-refractivity contribution in [2.24, 2.45) is 5.41 Å². The summed E-state index contributed by atoms with van der Waals surface area (Å²) in [5.74, 6) is 0.774. The smallest absolute Gasteiger partial charge is 0.223 e. The molecular formula is C16H24N2O2. The SMILES string of the molecule is CC1(C)CCC(NC(=O)CCOc2cccc(N)c2)C1. The first-order valence-electron chi connectivity index (χ1n) is 7.22. The van der Waals surface area contributed by atoms with Crippen LogP contribution in [0.4, 0.5) is 5.69 Å². The standard InChI is InChI=1S/C16H24N2O2/c1-16(2)8-6-13(11-16)18-15(19)7-9-20-14-5-3-4-12(17)10-14/h3-5,10,13H,6-9,11,17H2,1-2H3,(H,18,19). The van der Waals surface area contributed by atoms with E-state index in [1.165, 1.54) is 6.42 Å². The van der Waals surface area contributed by atoms with Crippen molar-refractivity contribution in [1.82, 2.24) is 5.32 Å². The van der Waals surface area contributed by atoms with Gasteiger partial charge in [0.05, 0.1) is 13.0 Å². The molecule has 1 saturated carbocycles. The topological polar surface area (TPSA) is 64.3 Å². The summed E-state index contributed by atoms with van der Waals surface area (Å²) in [5, 5.41) is 3.09. The minimum absolute atomic E-state index is 0.0663. The molecule has 0 bridgehead atoms. The van der Waals surface area contributed by atoms with Crippen molar-refractivity contribution in [1.29, 1.82) is 0 Å². The molecule has 0 spiro atoms. The van der Waals surface area contributed by atoms with Gasteiger partial charge in [-0.2, -0.15) is 0 Å². The van der Waals surface area contributed by atoms with Crippen LogP contribution in [0.5, 0.6) is 5.75 Å². The van der Waals surface area contributed by atoms with Crippen LogP contribution in [-0.2, 0) is 4.79 Å². The fourth-order valence-corrected chi connectivity index (χ4v) is 2.73. The van der Waals surface area contributed by atoms with Gasteiger partial charge in [0.2, 0.25) is 5.91 Å². The zero-order valence-corrected chi connectivity index (χ0v) is 12.3. The van der Waals surface area contributed by atoms with Gasteiger partial charge in [0.25, 0.3) is 0 Å². The molecule has 1 amide bonds. The quantitative estimate of drug-likeness (QED) is 0.813. The molecule has 4 heteroatoms. The summed E-state index contributed by atoms with van der Waals surface area (Å²) in [6.07, 6.45) is 3.70. The van der Waals surface area contributed by atoms with E-state index in [4.69, 9.17) is 10.5 Å². The van der Waals surface area contributed by atoms with E-state index in [9.17, 15) is 4.79 Å². The molecule has 1 atom stereocenters. The van der Waals surface area contributed by atoms with Gasteiger partial charge >= 0.3 is 0 Å². The van der Waals surface area contributed by atoms with Crippen LogP contribution in [0.2, 0.25) is 0 Å². The summed E-state index contributed by atoms with van der Waals surface area (Å²) in [5.41, 5.74) is 6.69. The fourth-order valence-electron chi connectivity index (χ4n) is 2.73. The molecule has 0 aliphatic heterocycles. The number of nitrogen functional groups attached to an aromatic ring is 1. The van der Waals surface area contributed by atoms with Gasteiger partial charge in [-0.05, 0) is 36.8 Å². The third-order valence-electron chi connectivity index (χ3n) is 3.79. The third-order valence-corrected chi connectivity index (χ3v) is 3.79. The van der Waals surface area contributed by atoms with Crippen LogP contribution in [-0.4, -0.2) is 18.6 Å². The molecule has 1 unspecified atom stereocenters. The lowest BCUT2D eigenvalue weighted by Crippen LogP contribution is -2.34. The van der Waals surface area contributed by atoms with Crippen LogP contribution in [0.25, 0.3) is 0 Å². The molecule has 4 nitrogen and oxygen atoms in total. The highest BCUT2D eigenvalue weighted by Crippen LogP contribution is 2.36. The summed E-state index contributed by atoms with van der Waals surface area (Å²) < 4.78 is 5.52. The summed E-state index contributed by atoms with van der Waals surface area (Å²) >= 11 is 0. The number of rotatable bonds is 5. The summed E-state index contributed by atoms with van der Waals surface area (Å²) in [7, 11) is 0. The van der Waals surface area contributed by atoms with Crippen LogP contribution in [0.3, 0.4) is 0 Å². The van der Waals surface area contributed by atoms with Crippen LogP contribution in [0.1, 0.15) is 39.5 Å². The Hall–Kier alpha value is -1.71. The number of nitrogens with two attached hydrogens (primary N) is 1. The maximum atomic E-state index is 11.9. The Morgan fingerprint density at radius 2 is 2.30 bits per heavy atom. The minimum Gasteiger partial charge on any atom is -0.493 e. The summed E-state index contributed by atoms with van der Waals surface area (Å²) in [6, 6.07) is 7.57. The first kappa shape index (κ1) is 14.7. The van der Waals surface area contributed by atoms with E-state index < -0.39 is 0 Å². The van der Waals surface area contributed by atoms with Crippen molar-refractivity contribution < 1.29 is 9.53 Å². The van der Waals surface area contributed by atoms with Gasteiger partial charge in [-0.3, -0.25) is 4.79 Å². The number of hydrogen-bond donors (Lipinski definition) is 2. The van der Waals surface area contributed by atoms with Crippen molar-refractivity contribution in [2.75, 3.05) is 12.3 Å². The Balaban J connectivity index is 1.68. The van der Waals surface area contributed by atoms with Gasteiger partial charge in [0.15, 0.2) is 0 Å². The molecule has 0 aromatic heterocycles. The molecule has 1 fully saturated rings. The van der Waals surface area contributed by atoms with Gasteiger partial charge < -0.3 is 15.8 Å². The predicted molar refractivity (Wildman–Crippen MR) is 80.5 cm³/mol. The Kier molecular flexibility index (Phi) is 4.53. The van der Waals surface area contributed by atoms with Gasteiger partial charge in [-0.25, -0.2) is 0 Å². The van der Waals surface area contributed by atoms with Crippen LogP contribution < -0.4 is 15.8 Å². The summed E-state index contributed by atoms with van der Waals surface area (Å²) in [6.45, 7) is 4.88. The Labute approximate surface area is 120 Å². The number of ether oxygens (including phenoxy) is 1. The monoisotopic (exact) mass is 276 g/mol. The molecule has 3 N–H and O–H groups in total. The molecular weight excluding hydrogens is 252 g/mol. The van der Waals surface area contributed by atoms with Crippen molar-refractivity contribution in [2.45, 2.75) is 45.6 Å². The van der Waals surface area contributed by atoms with Gasteiger partial charge in [-0.1, -0.05) is 19.9 Å². The lowest BCUT2D eigenvalue weighted by molar-refractivity contribution is -0.122. The van der Waals surface area contributed by atoms with Crippen molar-refractivity contribution >= 4 is 11.6 Å². The maximum Gasteiger partial charge on any atom is 0.223 e. The van der Waals surface area contributed by atoms with Gasteiger partial charge in [0, 0.05) is 17.8 Å². The molecule has 1 aromatic carbocycles. The second-order valence-corrected chi connectivity index (χ2v) is 6.34. The lowest BCUT2D eigenvalue weighted by atomic mass is 9.92. The number of amides is 1. The first-order valence-corrected chi connectivity index (χ1v) is 7.22. The van der Waals surface area contributed by atoms with Gasteiger partial charge in [0.1, 0.15) is 5.75 Å². The lowest BCUT2D eigenvalue weighted by Gasteiger charge is -2.17. The Bertz CT molecular complexity index is 471. The van der Waals surface area contributed by atoms with Gasteiger partial charge in [-0.15, -0.1) is 0 Å². The van der Waals surface area contributed by atoms with Crippen LogP contribution >= 0.6 is 0 Å². The minimum atomic E-state index is 0.0663. The zero-order valence-electron chi connectivity index (χ0n) is 12.3. The fraction of sp³-hybridized carbons (Fsp3) is 0.562. The zero-order chi connectivity index (χ0) is 14.6. The molecule has 0 radical (unpaired) electrons. The average Bonchev–Trinajstić information content (AvgIpc) is 2.68. The van der Waals surface area contributed by atoms with Crippen molar-refractivity contribution in [3.05, 3.63) is 24.3 Å². The number of carbonyl (C=O) groups is 1. The van der Waals surface area contributed by atoms with Crippen LogP contribution in [0.15, 0.2) is 24.3 Å². The highest BCUT2D eigenvalue weighted by molar-refractivity contribution is 5.76. The molecule has 1 aliphatic rings. The largest absolute Gasteiger partial charge is 0.493 e. The highest BCUT2D eigenvalue weighted by Gasteiger charge is 2.31. The molecule has 20 heavy (non-hydrogen) atoms. The Morgan fingerprint density at radius 1 is 1.50 bits per heavy atom. The van der Waals surface area contributed by atoms with Crippen LogP contribution in [0, 0.1) is 5.41 Å². The average molecular weight is 276 g/mol. The van der Waals surface area contributed by atoms with E-state index in [0.29, 0.717) is 35.9 Å². The second-order valence-electron chi connectivity index (χ2n) is 6.34. The first-order chi connectivity index (χ1) is 9.44. The maximum absolute atomic E-state index is 11.9. The molecule has 0 heterocycles.